The van der Waals surface area contributed by atoms with Crippen molar-refractivity contribution in [1.82, 2.24) is 15.0 Å². The molecule has 3 heterocycles. The van der Waals surface area contributed by atoms with Crippen molar-refractivity contribution in [2.24, 2.45) is 10.8 Å². The minimum Gasteiger partial charge on any atom is -0.494 e. The van der Waals surface area contributed by atoms with Crippen molar-refractivity contribution in [1.29, 1.82) is 0 Å². The zero-order valence-corrected chi connectivity index (χ0v) is 29.1. The number of hydrogen-bond donors (Lipinski definition) is 2. The van der Waals surface area contributed by atoms with E-state index in [1.165, 1.54) is 17.5 Å². The number of carbonyl (C=O) groups is 1. The standard InChI is InChI=1S/C38H47N5O3S/c1-37(2,3)19-22-46-29-16-12-15-28(23-29)34-35-31-17-10-9-14-27(31)13-8-6-7-11-21-43(26-38(4,5)36(44)45)33-24-30(18-20-39-33)47-42-32(41-35)25-40-34/h9-10,12,14-18,20,23-25H,6-8,11,13,19,21-22,26H2,1-5H3,(H,41,42)(H,44,45). The molecule has 47 heavy (non-hydrogen) atoms. The van der Waals surface area contributed by atoms with Crippen LogP contribution in [0.25, 0.3) is 22.5 Å². The average Bonchev–Trinajstić information content (AvgIpc) is 3.04. The van der Waals surface area contributed by atoms with Gasteiger partial charge in [-0.3, -0.25) is 9.78 Å². The molecule has 5 rings (SSSR count). The Kier molecular flexibility index (Phi) is 11.1. The minimum absolute atomic E-state index is 0.201. The predicted molar refractivity (Wildman–Crippen MR) is 192 cm³/mol. The summed E-state index contributed by atoms with van der Waals surface area (Å²) >= 11 is 1.44. The van der Waals surface area contributed by atoms with E-state index in [2.05, 4.69) is 71.8 Å². The van der Waals surface area contributed by atoms with E-state index in [4.69, 9.17) is 14.7 Å². The molecular formula is C38H47N5O3S. The van der Waals surface area contributed by atoms with Gasteiger partial charge in [-0.2, -0.15) is 0 Å². The lowest BCUT2D eigenvalue weighted by molar-refractivity contribution is -0.146. The van der Waals surface area contributed by atoms with E-state index in [1.54, 1.807) is 26.2 Å². The summed E-state index contributed by atoms with van der Waals surface area (Å²) < 4.78 is 9.57. The summed E-state index contributed by atoms with van der Waals surface area (Å²) in [6, 6.07) is 20.6. The fraction of sp³-hybridized carbons (Fsp3) is 0.421. The predicted octanol–water partition coefficient (Wildman–Crippen LogP) is 9.17. The lowest BCUT2D eigenvalue weighted by Crippen LogP contribution is -2.40. The van der Waals surface area contributed by atoms with Gasteiger partial charge >= 0.3 is 5.97 Å². The molecule has 9 heteroatoms. The third-order valence-corrected chi connectivity index (χ3v) is 9.18. The fourth-order valence-corrected chi connectivity index (χ4v) is 6.17. The number of carboxylic acid groups (broad SMARTS) is 1. The molecule has 1 aliphatic heterocycles. The number of anilines is 2. The summed E-state index contributed by atoms with van der Waals surface area (Å²) in [6.07, 6.45) is 9.56. The van der Waals surface area contributed by atoms with Gasteiger partial charge in [0.2, 0.25) is 0 Å². The first-order valence-electron chi connectivity index (χ1n) is 16.5. The molecule has 2 aromatic heterocycles. The number of nitrogens with zero attached hydrogens (tertiary/aromatic N) is 4. The highest BCUT2D eigenvalue weighted by atomic mass is 32.2. The number of ether oxygens (including phenoxy) is 1. The summed E-state index contributed by atoms with van der Waals surface area (Å²) in [5.74, 6) is 1.43. The Morgan fingerprint density at radius 3 is 2.57 bits per heavy atom. The lowest BCUT2D eigenvalue weighted by atomic mass is 9.93. The number of benzene rings is 2. The van der Waals surface area contributed by atoms with Crippen LogP contribution in [0.2, 0.25) is 0 Å². The Bertz CT molecular complexity index is 1670. The maximum absolute atomic E-state index is 12.0. The van der Waals surface area contributed by atoms with E-state index in [-0.39, 0.29) is 5.41 Å². The molecule has 0 atom stereocenters. The molecule has 0 saturated heterocycles. The summed E-state index contributed by atoms with van der Waals surface area (Å²) in [7, 11) is 0. The Balaban J connectivity index is 1.49. The molecule has 4 bridgehead atoms. The third-order valence-electron chi connectivity index (χ3n) is 8.38. The summed E-state index contributed by atoms with van der Waals surface area (Å²) in [6.45, 7) is 12.0. The monoisotopic (exact) mass is 653 g/mol. The Hall–Kier alpha value is -4.11. The van der Waals surface area contributed by atoms with E-state index < -0.39 is 11.4 Å². The number of nitrogens with one attached hydrogen (secondary N) is 1. The second-order valence-electron chi connectivity index (χ2n) is 14.1. The van der Waals surface area contributed by atoms with Crippen LogP contribution in [0.3, 0.4) is 0 Å². The SMILES string of the molecule is CC(C)(C)CCOc1cccc(-c2ncc3nc2-c2ccccc2CCCCCCN(CC(C)(C)C(=O)O)c2cc(ccn2)SN3)c1. The number of pyridine rings is 1. The number of hydrogen-bond acceptors (Lipinski definition) is 8. The maximum atomic E-state index is 12.0. The van der Waals surface area contributed by atoms with Gasteiger partial charge in [0.1, 0.15) is 11.6 Å². The van der Waals surface area contributed by atoms with Crippen molar-refractivity contribution in [3.8, 4) is 28.3 Å². The van der Waals surface area contributed by atoms with Gasteiger partial charge < -0.3 is 19.5 Å². The molecule has 8 nitrogen and oxygen atoms in total. The van der Waals surface area contributed by atoms with Crippen LogP contribution in [0.1, 0.15) is 72.3 Å². The van der Waals surface area contributed by atoms with Crippen LogP contribution in [0.5, 0.6) is 5.75 Å². The molecule has 0 spiro atoms. The molecule has 0 aliphatic carbocycles. The fourth-order valence-electron chi connectivity index (χ4n) is 5.55. The van der Waals surface area contributed by atoms with Crippen molar-refractivity contribution in [3.63, 3.8) is 0 Å². The molecular weight excluding hydrogens is 607 g/mol. The molecule has 4 aromatic rings. The highest BCUT2D eigenvalue weighted by molar-refractivity contribution is 8.00. The first-order valence-corrected chi connectivity index (χ1v) is 17.4. The van der Waals surface area contributed by atoms with Crippen LogP contribution in [0.4, 0.5) is 11.6 Å². The van der Waals surface area contributed by atoms with Crippen molar-refractivity contribution >= 4 is 29.6 Å². The molecule has 0 unspecified atom stereocenters. The average molecular weight is 654 g/mol. The van der Waals surface area contributed by atoms with E-state index in [9.17, 15) is 9.90 Å². The number of aromatic nitrogens is 3. The first kappa shape index (κ1) is 34.2. The Labute approximate surface area is 283 Å². The van der Waals surface area contributed by atoms with Crippen LogP contribution < -0.4 is 14.4 Å². The second kappa shape index (κ2) is 15.2. The van der Waals surface area contributed by atoms with Crippen LogP contribution in [-0.2, 0) is 11.2 Å². The van der Waals surface area contributed by atoms with E-state index >= 15 is 0 Å². The van der Waals surface area contributed by atoms with Crippen LogP contribution in [0, 0.1) is 10.8 Å². The topological polar surface area (TPSA) is 100 Å². The van der Waals surface area contributed by atoms with Gasteiger partial charge in [-0.15, -0.1) is 0 Å². The molecule has 0 fully saturated rings. The molecule has 248 valence electrons. The molecule has 0 saturated carbocycles. The number of fused-ring (bicyclic) bond motifs is 6. The van der Waals surface area contributed by atoms with Gasteiger partial charge in [0.05, 0.1) is 29.6 Å². The minimum atomic E-state index is -0.905. The van der Waals surface area contributed by atoms with Gasteiger partial charge in [-0.25, -0.2) is 9.97 Å². The molecule has 0 radical (unpaired) electrons. The van der Waals surface area contributed by atoms with Crippen molar-refractivity contribution < 1.29 is 14.6 Å². The lowest BCUT2D eigenvalue weighted by Gasteiger charge is -2.31. The highest BCUT2D eigenvalue weighted by Gasteiger charge is 2.30. The summed E-state index contributed by atoms with van der Waals surface area (Å²) in [5, 5.41) is 9.84. The second-order valence-corrected chi connectivity index (χ2v) is 15.0. The van der Waals surface area contributed by atoms with E-state index in [0.29, 0.717) is 19.0 Å². The largest absolute Gasteiger partial charge is 0.494 e. The zero-order chi connectivity index (χ0) is 33.4. The van der Waals surface area contributed by atoms with Crippen molar-refractivity contribution in [2.45, 2.75) is 78.0 Å². The van der Waals surface area contributed by atoms with Crippen LogP contribution in [-0.4, -0.2) is 45.7 Å². The molecule has 0 amide bonds. The van der Waals surface area contributed by atoms with Gasteiger partial charge in [-0.05, 0) is 86.7 Å². The zero-order valence-electron chi connectivity index (χ0n) is 28.3. The van der Waals surface area contributed by atoms with Gasteiger partial charge in [0, 0.05) is 35.3 Å². The number of aliphatic carboxylic acids is 1. The van der Waals surface area contributed by atoms with Crippen LogP contribution >= 0.6 is 11.9 Å². The quantitative estimate of drug-likeness (QED) is 0.189. The van der Waals surface area contributed by atoms with Gasteiger partial charge in [0.15, 0.2) is 5.82 Å². The molecule has 2 aromatic carbocycles. The molecule has 1 aliphatic rings. The Morgan fingerprint density at radius 2 is 1.77 bits per heavy atom. The van der Waals surface area contributed by atoms with Crippen molar-refractivity contribution in [2.75, 3.05) is 29.3 Å². The summed E-state index contributed by atoms with van der Waals surface area (Å²) in [5.41, 5.74) is 4.24. The van der Waals surface area contributed by atoms with Gasteiger partial charge in [-0.1, -0.05) is 70.0 Å². The highest BCUT2D eigenvalue weighted by Crippen LogP contribution is 2.35. The maximum Gasteiger partial charge on any atom is 0.310 e. The van der Waals surface area contributed by atoms with Crippen molar-refractivity contribution in [3.05, 3.63) is 78.6 Å². The number of carboxylic acids is 1. The van der Waals surface area contributed by atoms with E-state index in [1.807, 2.05) is 24.3 Å². The van der Waals surface area contributed by atoms with Crippen LogP contribution in [0.15, 0.2) is 78.0 Å². The smallest absolute Gasteiger partial charge is 0.310 e. The number of rotatable bonds is 7. The van der Waals surface area contributed by atoms with Gasteiger partial charge in [0.25, 0.3) is 0 Å². The number of aryl methyl sites for hydroxylation is 1. The molecule has 2 N–H and O–H groups in total. The van der Waals surface area contributed by atoms with E-state index in [0.717, 1.165) is 84.0 Å². The first-order chi connectivity index (χ1) is 22.5. The normalized spacial score (nSPS) is 14.4. The third kappa shape index (κ3) is 9.47. The summed E-state index contributed by atoms with van der Waals surface area (Å²) in [4.78, 5) is 29.8. The Morgan fingerprint density at radius 1 is 0.957 bits per heavy atom.